The Morgan fingerprint density at radius 1 is 1.05 bits per heavy atom. The molecule has 0 aliphatic heterocycles. The van der Waals surface area contributed by atoms with Crippen LogP contribution in [0.4, 0.5) is 0 Å². The minimum absolute atomic E-state index is 0.284. The van der Waals surface area contributed by atoms with Gasteiger partial charge in [0.05, 0.1) is 0 Å². The lowest BCUT2D eigenvalue weighted by molar-refractivity contribution is -0.116. The maximum atomic E-state index is 11.8. The third-order valence-electron chi connectivity index (χ3n) is 7.41. The first-order valence-corrected chi connectivity index (χ1v) is 8.97. The lowest BCUT2D eigenvalue weighted by Gasteiger charge is -2.47. The van der Waals surface area contributed by atoms with Crippen molar-refractivity contribution in [2.24, 2.45) is 22.7 Å². The van der Waals surface area contributed by atoms with Crippen LogP contribution in [0, 0.1) is 22.7 Å². The van der Waals surface area contributed by atoms with Crippen LogP contribution >= 0.6 is 0 Å². The summed E-state index contributed by atoms with van der Waals surface area (Å²) in [5.74, 6) is 1.91. The van der Waals surface area contributed by atoms with E-state index in [9.17, 15) is 4.79 Å². The van der Waals surface area contributed by atoms with Crippen LogP contribution in [0.25, 0.3) is 0 Å². The molecule has 2 fully saturated rings. The molecule has 0 bridgehead atoms. The molecule has 4 rings (SSSR count). The van der Waals surface area contributed by atoms with Gasteiger partial charge in [-0.2, -0.15) is 0 Å². The Morgan fingerprint density at radius 3 is 2.52 bits per heavy atom. The second kappa shape index (κ2) is 4.57. The number of carbonyl (C=O) groups excluding carboxylic acids is 1. The average Bonchev–Trinajstić information content (AvgIpc) is 2.76. The predicted molar refractivity (Wildman–Crippen MR) is 85.9 cm³/mol. The van der Waals surface area contributed by atoms with E-state index in [-0.39, 0.29) is 5.41 Å². The lowest BCUT2D eigenvalue weighted by atomic mass is 9.56. The maximum absolute atomic E-state index is 11.8. The molecule has 2 saturated carbocycles. The summed E-state index contributed by atoms with van der Waals surface area (Å²) in [6, 6.07) is 0. The van der Waals surface area contributed by atoms with Gasteiger partial charge in [0.2, 0.25) is 0 Å². The van der Waals surface area contributed by atoms with Gasteiger partial charge in [-0.05, 0) is 67.3 Å². The highest BCUT2D eigenvalue weighted by Crippen LogP contribution is 2.61. The molecule has 4 unspecified atom stereocenters. The lowest BCUT2D eigenvalue weighted by Crippen LogP contribution is -2.38. The fraction of sp³-hybridized carbons (Fsp3) is 0.750. The summed E-state index contributed by atoms with van der Waals surface area (Å²) in [7, 11) is 0. The van der Waals surface area contributed by atoms with Crippen molar-refractivity contribution in [3.8, 4) is 0 Å². The molecule has 0 aromatic heterocycles. The van der Waals surface area contributed by atoms with Crippen LogP contribution in [0.3, 0.4) is 0 Å². The van der Waals surface area contributed by atoms with Crippen LogP contribution in [0.1, 0.15) is 71.6 Å². The van der Waals surface area contributed by atoms with Crippen LogP contribution in [0.15, 0.2) is 23.3 Å². The zero-order chi connectivity index (χ0) is 14.7. The van der Waals surface area contributed by atoms with Crippen molar-refractivity contribution in [1.29, 1.82) is 0 Å². The van der Waals surface area contributed by atoms with Gasteiger partial charge in [0.15, 0.2) is 5.78 Å². The number of carbonyl (C=O) groups is 1. The molecule has 0 N–H and O–H groups in total. The Labute approximate surface area is 128 Å². The van der Waals surface area contributed by atoms with Crippen molar-refractivity contribution < 1.29 is 4.79 Å². The van der Waals surface area contributed by atoms with Crippen molar-refractivity contribution in [1.82, 2.24) is 0 Å². The first-order valence-electron chi connectivity index (χ1n) is 8.97. The van der Waals surface area contributed by atoms with Gasteiger partial charge in [-0.1, -0.05) is 43.9 Å². The Morgan fingerprint density at radius 2 is 1.76 bits per heavy atom. The van der Waals surface area contributed by atoms with Crippen LogP contribution < -0.4 is 0 Å². The Kier molecular flexibility index (Phi) is 3.00. The minimum atomic E-state index is 0.284. The molecule has 114 valence electrons. The molecule has 0 aromatic rings. The van der Waals surface area contributed by atoms with E-state index in [2.05, 4.69) is 19.9 Å². The topological polar surface area (TPSA) is 17.1 Å². The molecule has 0 radical (unpaired) electrons. The van der Waals surface area contributed by atoms with E-state index in [1.165, 1.54) is 44.1 Å². The maximum Gasteiger partial charge on any atom is 0.155 e. The number of allylic oxidation sites excluding steroid dienone is 4. The largest absolute Gasteiger partial charge is 0.295 e. The van der Waals surface area contributed by atoms with Crippen LogP contribution in [-0.4, -0.2) is 5.78 Å². The molecule has 21 heavy (non-hydrogen) atoms. The van der Waals surface area contributed by atoms with E-state index in [1.54, 1.807) is 5.57 Å². The number of rotatable bonds is 0. The number of ketones is 1. The third kappa shape index (κ3) is 1.92. The molecule has 1 heteroatoms. The summed E-state index contributed by atoms with van der Waals surface area (Å²) in [5.41, 5.74) is 4.09. The Bertz CT molecular complexity index is 540. The highest BCUT2D eigenvalue weighted by molar-refractivity contribution is 5.91. The zero-order valence-electron chi connectivity index (χ0n) is 13.6. The molecular formula is C20H28O. The van der Waals surface area contributed by atoms with Gasteiger partial charge < -0.3 is 0 Å². The Hall–Kier alpha value is -0.850. The van der Waals surface area contributed by atoms with E-state index in [4.69, 9.17) is 0 Å². The van der Waals surface area contributed by atoms with Gasteiger partial charge in [0.1, 0.15) is 0 Å². The van der Waals surface area contributed by atoms with Gasteiger partial charge >= 0.3 is 0 Å². The standard InChI is InChI=1S/C20H28O/c1-19-10-3-5-17(19)16-8-7-14-13-15(21)9-12-20(14,2)18(16)6-4-11-19/h8,13,17-18H,3-7,9-12H2,1-2H3. The number of hydrogen-bond acceptors (Lipinski definition) is 1. The molecule has 4 atom stereocenters. The summed E-state index contributed by atoms with van der Waals surface area (Å²) < 4.78 is 0. The molecule has 0 saturated heterocycles. The summed E-state index contributed by atoms with van der Waals surface area (Å²) in [5, 5.41) is 0. The van der Waals surface area contributed by atoms with Gasteiger partial charge in [-0.15, -0.1) is 0 Å². The SMILES string of the molecule is CC12CCCC1C1=CCC3=CC(=O)CCC3(C)C1CCC2. The molecular weight excluding hydrogens is 256 g/mol. The van der Waals surface area contributed by atoms with Crippen molar-refractivity contribution in [3.63, 3.8) is 0 Å². The second-order valence-corrected chi connectivity index (χ2v) is 8.51. The quantitative estimate of drug-likeness (QED) is 0.557. The molecule has 4 aliphatic rings. The van der Waals surface area contributed by atoms with Crippen molar-refractivity contribution in [2.45, 2.75) is 71.6 Å². The second-order valence-electron chi connectivity index (χ2n) is 8.51. The highest BCUT2D eigenvalue weighted by Gasteiger charge is 2.51. The van der Waals surface area contributed by atoms with Crippen molar-refractivity contribution >= 4 is 5.78 Å². The van der Waals surface area contributed by atoms with Gasteiger partial charge in [-0.25, -0.2) is 0 Å². The van der Waals surface area contributed by atoms with E-state index in [0.717, 1.165) is 31.1 Å². The molecule has 0 spiro atoms. The fourth-order valence-electron chi connectivity index (χ4n) is 6.08. The summed E-state index contributed by atoms with van der Waals surface area (Å²) in [6.45, 7) is 5.01. The number of fused-ring (bicyclic) bond motifs is 5. The highest BCUT2D eigenvalue weighted by atomic mass is 16.1. The van der Waals surface area contributed by atoms with Gasteiger partial charge in [0, 0.05) is 6.42 Å². The van der Waals surface area contributed by atoms with Crippen LogP contribution in [0.5, 0.6) is 0 Å². The summed E-state index contributed by atoms with van der Waals surface area (Å²) >= 11 is 0. The minimum Gasteiger partial charge on any atom is -0.295 e. The van der Waals surface area contributed by atoms with E-state index < -0.39 is 0 Å². The fourth-order valence-corrected chi connectivity index (χ4v) is 6.08. The molecule has 0 aromatic carbocycles. The molecule has 0 heterocycles. The molecule has 0 amide bonds. The molecule has 1 nitrogen and oxygen atoms in total. The van der Waals surface area contributed by atoms with Crippen molar-refractivity contribution in [2.75, 3.05) is 0 Å². The van der Waals surface area contributed by atoms with E-state index in [1.807, 2.05) is 6.08 Å². The van der Waals surface area contributed by atoms with Gasteiger partial charge in [0.25, 0.3) is 0 Å². The first-order chi connectivity index (χ1) is 10.0. The summed E-state index contributed by atoms with van der Waals surface area (Å²) in [6.07, 6.45) is 15.8. The summed E-state index contributed by atoms with van der Waals surface area (Å²) in [4.78, 5) is 11.8. The van der Waals surface area contributed by atoms with E-state index >= 15 is 0 Å². The average molecular weight is 284 g/mol. The van der Waals surface area contributed by atoms with E-state index in [0.29, 0.717) is 11.2 Å². The monoisotopic (exact) mass is 284 g/mol. The normalized spacial score (nSPS) is 45.9. The zero-order valence-corrected chi connectivity index (χ0v) is 13.6. The third-order valence-corrected chi connectivity index (χ3v) is 7.41. The van der Waals surface area contributed by atoms with Crippen LogP contribution in [-0.2, 0) is 4.79 Å². The first kappa shape index (κ1) is 13.8. The predicted octanol–water partition coefficient (Wildman–Crippen LogP) is 5.22. The molecule has 4 aliphatic carbocycles. The van der Waals surface area contributed by atoms with Gasteiger partial charge in [-0.3, -0.25) is 4.79 Å². The Balaban J connectivity index is 1.78. The number of hydrogen-bond donors (Lipinski definition) is 0. The smallest absolute Gasteiger partial charge is 0.155 e. The van der Waals surface area contributed by atoms with Crippen LogP contribution in [0.2, 0.25) is 0 Å². The van der Waals surface area contributed by atoms with Crippen molar-refractivity contribution in [3.05, 3.63) is 23.3 Å².